The highest BCUT2D eigenvalue weighted by Crippen LogP contribution is 2.12. The fraction of sp³-hybridized carbons (Fsp3) is 0.600. The molecule has 0 bridgehead atoms. The Morgan fingerprint density at radius 3 is 2.87 bits per heavy atom. The van der Waals surface area contributed by atoms with Crippen LogP contribution in [0.2, 0.25) is 0 Å². The molecule has 0 fully saturated rings. The quantitative estimate of drug-likeness (QED) is 0.661. The minimum absolute atomic E-state index is 0.0621. The lowest BCUT2D eigenvalue weighted by atomic mass is 10.2. The Morgan fingerprint density at radius 1 is 1.60 bits per heavy atom. The summed E-state index contributed by atoms with van der Waals surface area (Å²) in [5.41, 5.74) is 1.66. The van der Waals surface area contributed by atoms with Crippen molar-refractivity contribution in [1.82, 2.24) is 9.78 Å². The van der Waals surface area contributed by atoms with Gasteiger partial charge in [-0.15, -0.1) is 0 Å². The Labute approximate surface area is 98.2 Å². The van der Waals surface area contributed by atoms with Gasteiger partial charge in [0.1, 0.15) is 0 Å². The first-order chi connectivity index (χ1) is 7.13. The number of aromatic nitrogens is 2. The van der Waals surface area contributed by atoms with Gasteiger partial charge in [0.15, 0.2) is 0 Å². The van der Waals surface area contributed by atoms with Gasteiger partial charge in [0.2, 0.25) is 5.91 Å². The van der Waals surface area contributed by atoms with E-state index in [9.17, 15) is 4.79 Å². The van der Waals surface area contributed by atoms with Crippen LogP contribution in [0.5, 0.6) is 0 Å². The summed E-state index contributed by atoms with van der Waals surface area (Å²) in [6, 6.07) is 0. The van der Waals surface area contributed by atoms with Gasteiger partial charge in [-0.25, -0.2) is 0 Å². The summed E-state index contributed by atoms with van der Waals surface area (Å²) in [6.45, 7) is 1.88. The number of alkyl halides is 1. The zero-order valence-corrected chi connectivity index (χ0v) is 10.7. The molecule has 1 aromatic rings. The van der Waals surface area contributed by atoms with Gasteiger partial charge in [0.25, 0.3) is 0 Å². The second kappa shape index (κ2) is 5.90. The predicted molar refractivity (Wildman–Crippen MR) is 64.2 cm³/mol. The third-order valence-electron chi connectivity index (χ3n) is 2.08. The van der Waals surface area contributed by atoms with Gasteiger partial charge in [0.05, 0.1) is 11.4 Å². The highest BCUT2D eigenvalue weighted by Gasteiger charge is 2.06. The standard InChI is InChI=1S/C10H16BrN3O/c1-8-9(7-14(2)13-8)12-10(15)5-3-4-6-11/h7H,3-6H2,1-2H3,(H,12,15). The molecule has 1 rings (SSSR count). The van der Waals surface area contributed by atoms with E-state index >= 15 is 0 Å². The van der Waals surface area contributed by atoms with Crippen molar-refractivity contribution in [2.75, 3.05) is 10.6 Å². The molecule has 5 heteroatoms. The minimum atomic E-state index is 0.0621. The van der Waals surface area contributed by atoms with Crippen molar-refractivity contribution in [3.05, 3.63) is 11.9 Å². The summed E-state index contributed by atoms with van der Waals surface area (Å²) in [5.74, 6) is 0.0621. The van der Waals surface area contributed by atoms with E-state index in [0.717, 1.165) is 29.6 Å². The van der Waals surface area contributed by atoms with Gasteiger partial charge in [-0.05, 0) is 19.8 Å². The summed E-state index contributed by atoms with van der Waals surface area (Å²) in [7, 11) is 1.84. The van der Waals surface area contributed by atoms with E-state index in [1.54, 1.807) is 4.68 Å². The van der Waals surface area contributed by atoms with Crippen molar-refractivity contribution in [1.29, 1.82) is 0 Å². The van der Waals surface area contributed by atoms with Crippen molar-refractivity contribution in [3.8, 4) is 0 Å². The number of halogens is 1. The summed E-state index contributed by atoms with van der Waals surface area (Å²) in [4.78, 5) is 11.5. The molecule has 0 saturated heterocycles. The Balaban J connectivity index is 2.41. The molecular weight excluding hydrogens is 258 g/mol. The van der Waals surface area contributed by atoms with Crippen LogP contribution in [0.15, 0.2) is 6.20 Å². The summed E-state index contributed by atoms with van der Waals surface area (Å²) in [6.07, 6.45) is 4.33. The van der Waals surface area contributed by atoms with Gasteiger partial charge in [-0.2, -0.15) is 5.10 Å². The fourth-order valence-electron chi connectivity index (χ4n) is 1.32. The van der Waals surface area contributed by atoms with Crippen LogP contribution in [0.3, 0.4) is 0 Å². The van der Waals surface area contributed by atoms with Crippen molar-refractivity contribution < 1.29 is 4.79 Å². The number of amides is 1. The van der Waals surface area contributed by atoms with E-state index in [2.05, 4.69) is 26.3 Å². The smallest absolute Gasteiger partial charge is 0.224 e. The fourth-order valence-corrected chi connectivity index (χ4v) is 1.71. The number of nitrogens with one attached hydrogen (secondary N) is 1. The third-order valence-corrected chi connectivity index (χ3v) is 2.64. The molecule has 0 spiro atoms. The number of nitrogens with zero attached hydrogens (tertiary/aromatic N) is 2. The molecule has 0 unspecified atom stereocenters. The molecular formula is C10H16BrN3O. The van der Waals surface area contributed by atoms with Gasteiger partial charge in [-0.3, -0.25) is 9.48 Å². The van der Waals surface area contributed by atoms with Crippen LogP contribution in [0.4, 0.5) is 5.69 Å². The van der Waals surface area contributed by atoms with E-state index < -0.39 is 0 Å². The minimum Gasteiger partial charge on any atom is -0.323 e. The van der Waals surface area contributed by atoms with Crippen LogP contribution in [0.25, 0.3) is 0 Å². The van der Waals surface area contributed by atoms with Gasteiger partial charge >= 0.3 is 0 Å². The average molecular weight is 274 g/mol. The highest BCUT2D eigenvalue weighted by molar-refractivity contribution is 9.09. The number of carbonyl (C=O) groups is 1. The molecule has 15 heavy (non-hydrogen) atoms. The number of anilines is 1. The van der Waals surface area contributed by atoms with Crippen molar-refractivity contribution in [2.24, 2.45) is 7.05 Å². The van der Waals surface area contributed by atoms with E-state index in [0.29, 0.717) is 6.42 Å². The second-order valence-electron chi connectivity index (χ2n) is 3.50. The van der Waals surface area contributed by atoms with Gasteiger partial charge < -0.3 is 5.32 Å². The number of aryl methyl sites for hydroxylation is 2. The largest absolute Gasteiger partial charge is 0.323 e. The van der Waals surface area contributed by atoms with Crippen LogP contribution in [0, 0.1) is 6.92 Å². The number of carbonyl (C=O) groups excluding carboxylic acids is 1. The zero-order chi connectivity index (χ0) is 11.3. The average Bonchev–Trinajstić information content (AvgIpc) is 2.45. The lowest BCUT2D eigenvalue weighted by molar-refractivity contribution is -0.116. The summed E-state index contributed by atoms with van der Waals surface area (Å²) < 4.78 is 1.70. The molecule has 0 aliphatic carbocycles. The first-order valence-electron chi connectivity index (χ1n) is 4.99. The molecule has 4 nitrogen and oxygen atoms in total. The van der Waals surface area contributed by atoms with E-state index in [1.165, 1.54) is 0 Å². The van der Waals surface area contributed by atoms with Crippen LogP contribution in [0.1, 0.15) is 25.0 Å². The molecule has 0 radical (unpaired) electrons. The van der Waals surface area contributed by atoms with E-state index in [-0.39, 0.29) is 5.91 Å². The Morgan fingerprint density at radius 2 is 2.33 bits per heavy atom. The van der Waals surface area contributed by atoms with Gasteiger partial charge in [0, 0.05) is 25.0 Å². The molecule has 1 amide bonds. The Kier molecular flexibility index (Phi) is 4.81. The maximum Gasteiger partial charge on any atom is 0.224 e. The first-order valence-corrected chi connectivity index (χ1v) is 6.11. The molecule has 0 aromatic carbocycles. The molecule has 1 heterocycles. The van der Waals surface area contributed by atoms with Gasteiger partial charge in [-0.1, -0.05) is 15.9 Å². The molecule has 1 aromatic heterocycles. The molecule has 0 aliphatic rings. The van der Waals surface area contributed by atoms with Crippen molar-refractivity contribution >= 4 is 27.5 Å². The Hall–Kier alpha value is -0.840. The van der Waals surface area contributed by atoms with E-state index in [4.69, 9.17) is 0 Å². The maximum atomic E-state index is 11.5. The van der Waals surface area contributed by atoms with Crippen molar-refractivity contribution in [2.45, 2.75) is 26.2 Å². The number of hydrogen-bond donors (Lipinski definition) is 1. The molecule has 1 N–H and O–H groups in total. The van der Waals surface area contributed by atoms with Crippen LogP contribution < -0.4 is 5.32 Å². The van der Waals surface area contributed by atoms with E-state index in [1.807, 2.05) is 20.2 Å². The third kappa shape index (κ3) is 4.03. The number of rotatable bonds is 5. The molecule has 0 saturated carbocycles. The number of hydrogen-bond acceptors (Lipinski definition) is 2. The van der Waals surface area contributed by atoms with Crippen LogP contribution in [-0.4, -0.2) is 21.0 Å². The first kappa shape index (κ1) is 12.2. The molecule has 84 valence electrons. The topological polar surface area (TPSA) is 46.9 Å². The Bertz CT molecular complexity index is 335. The summed E-state index contributed by atoms with van der Waals surface area (Å²) >= 11 is 3.34. The number of unbranched alkanes of at least 4 members (excludes halogenated alkanes) is 1. The second-order valence-corrected chi connectivity index (χ2v) is 4.29. The monoisotopic (exact) mass is 273 g/mol. The lowest BCUT2D eigenvalue weighted by Crippen LogP contribution is -2.11. The highest BCUT2D eigenvalue weighted by atomic mass is 79.9. The molecule has 0 aliphatic heterocycles. The van der Waals surface area contributed by atoms with Crippen LogP contribution in [-0.2, 0) is 11.8 Å². The predicted octanol–water partition coefficient (Wildman–Crippen LogP) is 2.23. The SMILES string of the molecule is Cc1nn(C)cc1NC(=O)CCCCBr. The maximum absolute atomic E-state index is 11.5. The summed E-state index contributed by atoms with van der Waals surface area (Å²) in [5, 5.41) is 7.96. The zero-order valence-electron chi connectivity index (χ0n) is 9.09. The normalized spacial score (nSPS) is 10.3. The molecule has 0 atom stereocenters. The van der Waals surface area contributed by atoms with Crippen molar-refractivity contribution in [3.63, 3.8) is 0 Å². The van der Waals surface area contributed by atoms with Crippen LogP contribution >= 0.6 is 15.9 Å². The lowest BCUT2D eigenvalue weighted by Gasteiger charge is -2.02.